The van der Waals surface area contributed by atoms with Crippen LogP contribution in [0, 0.1) is 0 Å². The Bertz CT molecular complexity index is 793. The molecule has 0 radical (unpaired) electrons. The summed E-state index contributed by atoms with van der Waals surface area (Å²) >= 11 is 0. The van der Waals surface area contributed by atoms with Gasteiger partial charge in [-0.1, -0.05) is 73.3 Å². The molecule has 0 saturated carbocycles. The number of unbranched alkanes of at least 4 members (excludes halogenated alkanes) is 2. The number of para-hydroxylation sites is 2. The largest absolute Gasteiger partial charge is 0.311 e. The lowest BCUT2D eigenvalue weighted by molar-refractivity contribution is 0.747. The number of nitrogens with zero attached hydrogens (tertiary/aromatic N) is 1. The SMILES string of the molecule is C=C/C=C/CCCCc1ccc(N(c2ccccc2)c2ccccc2)cc1. The Morgan fingerprint density at radius 2 is 1.22 bits per heavy atom. The topological polar surface area (TPSA) is 3.24 Å². The van der Waals surface area contributed by atoms with E-state index in [1.54, 1.807) is 0 Å². The van der Waals surface area contributed by atoms with Crippen molar-refractivity contribution in [2.45, 2.75) is 25.7 Å². The molecule has 0 saturated heterocycles. The number of hydrogen-bond donors (Lipinski definition) is 0. The Hall–Kier alpha value is -3.06. The molecule has 0 N–H and O–H groups in total. The molecular formula is C26H27N. The Morgan fingerprint density at radius 1 is 0.667 bits per heavy atom. The van der Waals surface area contributed by atoms with Crippen LogP contribution in [-0.2, 0) is 6.42 Å². The van der Waals surface area contributed by atoms with Crippen LogP contribution in [0.25, 0.3) is 0 Å². The third kappa shape index (κ3) is 5.46. The first-order valence-corrected chi connectivity index (χ1v) is 9.65. The van der Waals surface area contributed by atoms with Gasteiger partial charge in [-0.25, -0.2) is 0 Å². The molecule has 0 spiro atoms. The summed E-state index contributed by atoms with van der Waals surface area (Å²) in [6, 6.07) is 30.0. The van der Waals surface area contributed by atoms with Gasteiger partial charge in [-0.05, 0) is 67.6 Å². The molecule has 0 heterocycles. The highest BCUT2D eigenvalue weighted by molar-refractivity contribution is 5.76. The van der Waals surface area contributed by atoms with Gasteiger partial charge in [0.2, 0.25) is 0 Å². The van der Waals surface area contributed by atoms with Crippen molar-refractivity contribution in [2.75, 3.05) is 4.90 Å². The summed E-state index contributed by atoms with van der Waals surface area (Å²) in [7, 11) is 0. The first-order valence-electron chi connectivity index (χ1n) is 9.65. The Balaban J connectivity index is 1.72. The Labute approximate surface area is 163 Å². The van der Waals surface area contributed by atoms with Crippen LogP contribution in [0.2, 0.25) is 0 Å². The summed E-state index contributed by atoms with van der Waals surface area (Å²) in [4.78, 5) is 2.30. The lowest BCUT2D eigenvalue weighted by Crippen LogP contribution is -2.09. The van der Waals surface area contributed by atoms with E-state index < -0.39 is 0 Å². The minimum absolute atomic E-state index is 1.12. The van der Waals surface area contributed by atoms with Gasteiger partial charge in [0, 0.05) is 17.1 Å². The maximum atomic E-state index is 3.70. The van der Waals surface area contributed by atoms with Gasteiger partial charge < -0.3 is 4.90 Å². The third-order valence-corrected chi connectivity index (χ3v) is 4.58. The van der Waals surface area contributed by atoms with Crippen LogP contribution in [0.5, 0.6) is 0 Å². The molecule has 0 aliphatic heterocycles. The minimum atomic E-state index is 1.12. The van der Waals surface area contributed by atoms with E-state index in [1.165, 1.54) is 35.5 Å². The summed E-state index contributed by atoms with van der Waals surface area (Å²) in [5, 5.41) is 0. The third-order valence-electron chi connectivity index (χ3n) is 4.58. The molecule has 1 heteroatoms. The van der Waals surface area contributed by atoms with Crippen LogP contribution in [0.3, 0.4) is 0 Å². The van der Waals surface area contributed by atoms with Gasteiger partial charge in [0.05, 0.1) is 0 Å². The van der Waals surface area contributed by atoms with Crippen molar-refractivity contribution < 1.29 is 0 Å². The lowest BCUT2D eigenvalue weighted by Gasteiger charge is -2.25. The van der Waals surface area contributed by atoms with Crippen LogP contribution < -0.4 is 4.90 Å². The average Bonchev–Trinajstić information content (AvgIpc) is 2.73. The van der Waals surface area contributed by atoms with Crippen molar-refractivity contribution in [3.05, 3.63) is 115 Å². The van der Waals surface area contributed by atoms with Crippen molar-refractivity contribution >= 4 is 17.1 Å². The second-order valence-corrected chi connectivity index (χ2v) is 6.58. The smallest absolute Gasteiger partial charge is 0.0461 e. The highest BCUT2D eigenvalue weighted by atomic mass is 15.1. The number of rotatable bonds is 9. The quantitative estimate of drug-likeness (QED) is 0.282. The van der Waals surface area contributed by atoms with Crippen LogP contribution in [0.1, 0.15) is 24.8 Å². The van der Waals surface area contributed by atoms with Crippen molar-refractivity contribution in [3.63, 3.8) is 0 Å². The molecule has 0 amide bonds. The lowest BCUT2D eigenvalue weighted by atomic mass is 10.1. The summed E-state index contributed by atoms with van der Waals surface area (Å²) in [5.74, 6) is 0. The maximum absolute atomic E-state index is 3.70. The van der Waals surface area contributed by atoms with E-state index in [2.05, 4.69) is 102 Å². The van der Waals surface area contributed by atoms with Gasteiger partial charge in [-0.3, -0.25) is 0 Å². The summed E-state index contributed by atoms with van der Waals surface area (Å²) < 4.78 is 0. The summed E-state index contributed by atoms with van der Waals surface area (Å²) in [6.45, 7) is 3.70. The van der Waals surface area contributed by atoms with E-state index in [0.717, 1.165) is 12.8 Å². The fourth-order valence-electron chi connectivity index (χ4n) is 3.20. The van der Waals surface area contributed by atoms with Gasteiger partial charge >= 0.3 is 0 Å². The predicted octanol–water partition coefficient (Wildman–Crippen LogP) is 7.61. The molecule has 0 fully saturated rings. The summed E-state index contributed by atoms with van der Waals surface area (Å²) in [6.07, 6.45) is 10.7. The highest BCUT2D eigenvalue weighted by Crippen LogP contribution is 2.34. The second-order valence-electron chi connectivity index (χ2n) is 6.58. The molecule has 3 aromatic rings. The van der Waals surface area contributed by atoms with Crippen molar-refractivity contribution in [1.29, 1.82) is 0 Å². The molecule has 1 nitrogen and oxygen atoms in total. The minimum Gasteiger partial charge on any atom is -0.311 e. The number of anilines is 3. The molecule has 0 aliphatic carbocycles. The number of aryl methyl sites for hydroxylation is 1. The number of hydrogen-bond acceptors (Lipinski definition) is 1. The molecule has 0 bridgehead atoms. The molecular weight excluding hydrogens is 326 g/mol. The van der Waals surface area contributed by atoms with Gasteiger partial charge in [0.25, 0.3) is 0 Å². The van der Waals surface area contributed by atoms with E-state index in [4.69, 9.17) is 0 Å². The molecule has 0 aliphatic rings. The van der Waals surface area contributed by atoms with Crippen molar-refractivity contribution in [2.24, 2.45) is 0 Å². The molecule has 0 unspecified atom stereocenters. The zero-order chi connectivity index (χ0) is 18.7. The van der Waals surface area contributed by atoms with Gasteiger partial charge in [-0.2, -0.15) is 0 Å². The predicted molar refractivity (Wildman–Crippen MR) is 118 cm³/mol. The van der Waals surface area contributed by atoms with Gasteiger partial charge in [0.15, 0.2) is 0 Å². The fourth-order valence-corrected chi connectivity index (χ4v) is 3.20. The summed E-state index contributed by atoms with van der Waals surface area (Å²) in [5.41, 5.74) is 4.92. The Morgan fingerprint density at radius 3 is 1.78 bits per heavy atom. The molecule has 27 heavy (non-hydrogen) atoms. The normalized spacial score (nSPS) is 10.8. The molecule has 3 aromatic carbocycles. The average molecular weight is 354 g/mol. The van der Waals surface area contributed by atoms with Crippen LogP contribution in [0.4, 0.5) is 17.1 Å². The van der Waals surface area contributed by atoms with Gasteiger partial charge in [-0.15, -0.1) is 0 Å². The van der Waals surface area contributed by atoms with E-state index in [0.29, 0.717) is 0 Å². The number of allylic oxidation sites excluding steroid dienone is 3. The van der Waals surface area contributed by atoms with E-state index >= 15 is 0 Å². The van der Waals surface area contributed by atoms with Crippen molar-refractivity contribution in [3.8, 4) is 0 Å². The monoisotopic (exact) mass is 353 g/mol. The number of benzene rings is 3. The van der Waals surface area contributed by atoms with Crippen LogP contribution >= 0.6 is 0 Å². The van der Waals surface area contributed by atoms with E-state index in [1.807, 2.05) is 12.2 Å². The zero-order valence-electron chi connectivity index (χ0n) is 15.8. The van der Waals surface area contributed by atoms with Crippen LogP contribution in [-0.4, -0.2) is 0 Å². The van der Waals surface area contributed by atoms with Crippen molar-refractivity contribution in [1.82, 2.24) is 0 Å². The molecule has 0 aromatic heterocycles. The maximum Gasteiger partial charge on any atom is 0.0461 e. The van der Waals surface area contributed by atoms with E-state index in [9.17, 15) is 0 Å². The first-order chi connectivity index (χ1) is 13.4. The molecule has 136 valence electrons. The highest BCUT2D eigenvalue weighted by Gasteiger charge is 2.11. The van der Waals surface area contributed by atoms with Gasteiger partial charge in [0.1, 0.15) is 0 Å². The van der Waals surface area contributed by atoms with E-state index in [-0.39, 0.29) is 0 Å². The zero-order valence-corrected chi connectivity index (χ0v) is 15.8. The second kappa shape index (κ2) is 10.2. The molecule has 3 rings (SSSR count). The Kier molecular flexibility index (Phi) is 7.06. The molecule has 0 atom stereocenters. The standard InChI is InChI=1S/C26H27N/c1-2-3-4-5-6-9-14-23-19-21-26(22-20-23)27(24-15-10-7-11-16-24)25-17-12-8-13-18-25/h2-4,7-8,10-13,15-22H,1,5-6,9,14H2/b4-3+. The first kappa shape index (κ1) is 18.7. The fraction of sp³-hybridized carbons (Fsp3) is 0.154. The van der Waals surface area contributed by atoms with Crippen LogP contribution in [0.15, 0.2) is 110 Å².